The highest BCUT2D eigenvalue weighted by Crippen LogP contribution is 2.11. The molecule has 3 nitrogen and oxygen atoms in total. The number of hydrogen-bond acceptors (Lipinski definition) is 3. The standard InChI is InChI=1S/C12H17N3S/c1-10(6-12-4-3-5-16-12)14-8-11-7-13-9-15(11)2/h3-5,7,9-10,14H,6,8H2,1-2H3. The molecular formula is C12H17N3S. The van der Waals surface area contributed by atoms with Crippen LogP contribution in [0.4, 0.5) is 0 Å². The van der Waals surface area contributed by atoms with Crippen molar-refractivity contribution in [2.24, 2.45) is 7.05 Å². The monoisotopic (exact) mass is 235 g/mol. The largest absolute Gasteiger partial charge is 0.337 e. The first-order valence-electron chi connectivity index (χ1n) is 5.46. The minimum absolute atomic E-state index is 0.494. The van der Waals surface area contributed by atoms with Gasteiger partial charge in [-0.25, -0.2) is 4.98 Å². The van der Waals surface area contributed by atoms with Gasteiger partial charge in [-0.3, -0.25) is 0 Å². The van der Waals surface area contributed by atoms with Crippen LogP contribution < -0.4 is 5.32 Å². The minimum Gasteiger partial charge on any atom is -0.337 e. The van der Waals surface area contributed by atoms with Crippen molar-refractivity contribution in [1.82, 2.24) is 14.9 Å². The van der Waals surface area contributed by atoms with Crippen molar-refractivity contribution in [3.63, 3.8) is 0 Å². The summed E-state index contributed by atoms with van der Waals surface area (Å²) in [4.78, 5) is 5.54. The van der Waals surface area contributed by atoms with Crippen molar-refractivity contribution in [2.75, 3.05) is 0 Å². The molecule has 2 heterocycles. The van der Waals surface area contributed by atoms with Gasteiger partial charge in [-0.05, 0) is 24.8 Å². The molecule has 0 aliphatic heterocycles. The predicted octanol–water partition coefficient (Wildman–Crippen LogP) is 2.20. The molecule has 0 saturated carbocycles. The van der Waals surface area contributed by atoms with E-state index < -0.39 is 0 Å². The molecule has 0 aliphatic carbocycles. The van der Waals surface area contributed by atoms with E-state index in [2.05, 4.69) is 34.7 Å². The van der Waals surface area contributed by atoms with Crippen molar-refractivity contribution in [3.05, 3.63) is 40.6 Å². The molecule has 0 spiro atoms. The second-order valence-corrected chi connectivity index (χ2v) is 5.09. The number of imidazole rings is 1. The van der Waals surface area contributed by atoms with Crippen molar-refractivity contribution >= 4 is 11.3 Å². The Morgan fingerprint density at radius 2 is 2.44 bits per heavy atom. The Labute approximate surface area is 100 Å². The lowest BCUT2D eigenvalue weighted by molar-refractivity contribution is 0.535. The van der Waals surface area contributed by atoms with Crippen LogP contribution >= 0.6 is 11.3 Å². The van der Waals surface area contributed by atoms with Crippen LogP contribution in [0.3, 0.4) is 0 Å². The zero-order valence-corrected chi connectivity index (χ0v) is 10.5. The van der Waals surface area contributed by atoms with E-state index in [1.807, 2.05) is 35.5 Å². The Morgan fingerprint density at radius 3 is 3.06 bits per heavy atom. The topological polar surface area (TPSA) is 29.9 Å². The molecule has 0 radical (unpaired) electrons. The predicted molar refractivity (Wildman–Crippen MR) is 67.5 cm³/mol. The summed E-state index contributed by atoms with van der Waals surface area (Å²) in [6.07, 6.45) is 4.83. The molecule has 0 bridgehead atoms. The SMILES string of the molecule is CC(Cc1cccs1)NCc1cncn1C. The van der Waals surface area contributed by atoms with Gasteiger partial charge in [0.25, 0.3) is 0 Å². The highest BCUT2D eigenvalue weighted by atomic mass is 32.1. The van der Waals surface area contributed by atoms with E-state index in [9.17, 15) is 0 Å². The number of rotatable bonds is 5. The molecule has 0 saturated heterocycles. The molecule has 2 rings (SSSR count). The van der Waals surface area contributed by atoms with Crippen LogP contribution in [0.15, 0.2) is 30.0 Å². The third-order valence-corrected chi connectivity index (χ3v) is 3.53. The van der Waals surface area contributed by atoms with Crippen molar-refractivity contribution in [2.45, 2.75) is 25.9 Å². The summed E-state index contributed by atoms with van der Waals surface area (Å²) in [5, 5.41) is 5.64. The van der Waals surface area contributed by atoms with Crippen molar-refractivity contribution in [3.8, 4) is 0 Å². The van der Waals surface area contributed by atoms with Crippen LogP contribution in [0, 0.1) is 0 Å². The van der Waals surface area contributed by atoms with Gasteiger partial charge in [0.05, 0.1) is 12.0 Å². The Kier molecular flexibility index (Phi) is 3.74. The van der Waals surface area contributed by atoms with Crippen LogP contribution in [-0.2, 0) is 20.0 Å². The van der Waals surface area contributed by atoms with E-state index in [0.29, 0.717) is 6.04 Å². The lowest BCUT2D eigenvalue weighted by Gasteiger charge is -2.12. The van der Waals surface area contributed by atoms with E-state index in [1.54, 1.807) is 0 Å². The maximum atomic E-state index is 4.10. The third kappa shape index (κ3) is 2.93. The van der Waals surface area contributed by atoms with Crippen LogP contribution in [0.2, 0.25) is 0 Å². The van der Waals surface area contributed by atoms with Gasteiger partial charge in [-0.1, -0.05) is 6.07 Å². The molecule has 1 atom stereocenters. The molecule has 0 amide bonds. The average Bonchev–Trinajstić information content (AvgIpc) is 2.87. The van der Waals surface area contributed by atoms with Crippen LogP contribution in [0.5, 0.6) is 0 Å². The van der Waals surface area contributed by atoms with E-state index in [-0.39, 0.29) is 0 Å². The summed E-state index contributed by atoms with van der Waals surface area (Å²) in [6.45, 7) is 3.10. The fourth-order valence-corrected chi connectivity index (χ4v) is 2.47. The lowest BCUT2D eigenvalue weighted by atomic mass is 10.2. The first-order chi connectivity index (χ1) is 7.75. The molecule has 0 aromatic carbocycles. The average molecular weight is 235 g/mol. The number of nitrogens with one attached hydrogen (secondary N) is 1. The maximum Gasteiger partial charge on any atom is 0.0945 e. The molecule has 4 heteroatoms. The third-order valence-electron chi connectivity index (χ3n) is 2.64. The van der Waals surface area contributed by atoms with Crippen LogP contribution in [0.1, 0.15) is 17.5 Å². The van der Waals surface area contributed by atoms with E-state index >= 15 is 0 Å². The van der Waals surface area contributed by atoms with Gasteiger partial charge in [-0.2, -0.15) is 0 Å². The summed E-state index contributed by atoms with van der Waals surface area (Å²) >= 11 is 1.82. The van der Waals surface area contributed by atoms with Gasteiger partial charge >= 0.3 is 0 Å². The fourth-order valence-electron chi connectivity index (χ4n) is 1.64. The van der Waals surface area contributed by atoms with Crippen molar-refractivity contribution in [1.29, 1.82) is 0 Å². The highest BCUT2D eigenvalue weighted by molar-refractivity contribution is 7.09. The van der Waals surface area contributed by atoms with E-state index in [0.717, 1.165) is 13.0 Å². The summed E-state index contributed by atoms with van der Waals surface area (Å²) in [6, 6.07) is 4.79. The maximum absolute atomic E-state index is 4.10. The molecule has 0 aliphatic rings. The number of aromatic nitrogens is 2. The first-order valence-corrected chi connectivity index (χ1v) is 6.34. The smallest absolute Gasteiger partial charge is 0.0945 e. The Hall–Kier alpha value is -1.13. The Balaban J connectivity index is 1.80. The quantitative estimate of drug-likeness (QED) is 0.861. The van der Waals surface area contributed by atoms with Gasteiger partial charge in [-0.15, -0.1) is 11.3 Å². The summed E-state index contributed by atoms with van der Waals surface area (Å²) in [7, 11) is 2.02. The summed E-state index contributed by atoms with van der Waals surface area (Å²) < 4.78 is 2.05. The number of thiophene rings is 1. The summed E-state index contributed by atoms with van der Waals surface area (Å²) in [5.74, 6) is 0. The molecule has 1 N–H and O–H groups in total. The normalized spacial score (nSPS) is 12.9. The fraction of sp³-hybridized carbons (Fsp3) is 0.417. The van der Waals surface area contributed by atoms with Gasteiger partial charge < -0.3 is 9.88 Å². The zero-order valence-electron chi connectivity index (χ0n) is 9.68. The van der Waals surface area contributed by atoms with Gasteiger partial charge in [0, 0.05) is 30.7 Å². The molecular weight excluding hydrogens is 218 g/mol. The molecule has 1 unspecified atom stereocenters. The lowest BCUT2D eigenvalue weighted by Crippen LogP contribution is -2.28. The Bertz CT molecular complexity index is 419. The number of aryl methyl sites for hydroxylation is 1. The van der Waals surface area contributed by atoms with E-state index in [4.69, 9.17) is 0 Å². The molecule has 86 valence electrons. The number of nitrogens with zero attached hydrogens (tertiary/aromatic N) is 2. The Morgan fingerprint density at radius 1 is 1.56 bits per heavy atom. The van der Waals surface area contributed by atoms with Crippen molar-refractivity contribution < 1.29 is 0 Å². The molecule has 2 aromatic heterocycles. The van der Waals surface area contributed by atoms with Crippen LogP contribution in [0.25, 0.3) is 0 Å². The zero-order chi connectivity index (χ0) is 11.4. The molecule has 2 aromatic rings. The molecule has 0 fully saturated rings. The minimum atomic E-state index is 0.494. The highest BCUT2D eigenvalue weighted by Gasteiger charge is 2.05. The van der Waals surface area contributed by atoms with Crippen LogP contribution in [-0.4, -0.2) is 15.6 Å². The summed E-state index contributed by atoms with van der Waals surface area (Å²) in [5.41, 5.74) is 1.22. The second kappa shape index (κ2) is 5.27. The van der Waals surface area contributed by atoms with E-state index in [1.165, 1.54) is 10.6 Å². The van der Waals surface area contributed by atoms with Gasteiger partial charge in [0.1, 0.15) is 0 Å². The first kappa shape index (κ1) is 11.4. The van der Waals surface area contributed by atoms with Gasteiger partial charge in [0.15, 0.2) is 0 Å². The number of hydrogen-bond donors (Lipinski definition) is 1. The molecule has 16 heavy (non-hydrogen) atoms. The second-order valence-electron chi connectivity index (χ2n) is 4.06. The van der Waals surface area contributed by atoms with Gasteiger partial charge in [0.2, 0.25) is 0 Å².